The summed E-state index contributed by atoms with van der Waals surface area (Å²) in [4.78, 5) is 48.6. The molecule has 1 aliphatic carbocycles. The first kappa shape index (κ1) is 41.1. The summed E-state index contributed by atoms with van der Waals surface area (Å²) in [5, 5.41) is 18.5. The molecule has 6 atom stereocenters. The average Bonchev–Trinajstić information content (AvgIpc) is 3.70. The first-order valence-corrected chi connectivity index (χ1v) is 18.6. The summed E-state index contributed by atoms with van der Waals surface area (Å²) in [6.07, 6.45) is -9.88. The summed E-state index contributed by atoms with van der Waals surface area (Å²) in [7, 11) is 0. The Balaban J connectivity index is 1.54. The summed E-state index contributed by atoms with van der Waals surface area (Å²) >= 11 is 0.638. The van der Waals surface area contributed by atoms with E-state index in [0.717, 1.165) is 6.07 Å². The van der Waals surface area contributed by atoms with Crippen LogP contribution in [0.5, 0.6) is 0 Å². The number of carbonyl (C=O) groups excluding carboxylic acids is 3. The van der Waals surface area contributed by atoms with Crippen LogP contribution in [0.15, 0.2) is 47.5 Å². The van der Waals surface area contributed by atoms with Crippen LogP contribution in [0.1, 0.15) is 69.3 Å². The van der Waals surface area contributed by atoms with Gasteiger partial charge in [0.15, 0.2) is 0 Å². The fourth-order valence-corrected chi connectivity index (χ4v) is 8.07. The van der Waals surface area contributed by atoms with E-state index in [9.17, 15) is 50.2 Å². The quantitative estimate of drug-likeness (QED) is 0.136. The second-order valence-electron chi connectivity index (χ2n) is 14.1. The fourth-order valence-electron chi connectivity index (χ4n) is 6.81. The molecule has 2 aliphatic rings. The van der Waals surface area contributed by atoms with Crippen LogP contribution in [0.2, 0.25) is 0 Å². The number of carbonyl (C=O) groups is 3. The van der Waals surface area contributed by atoms with Gasteiger partial charge in [0.1, 0.15) is 17.4 Å². The monoisotopic (exact) mass is 785 g/mol. The van der Waals surface area contributed by atoms with Gasteiger partial charge >= 0.3 is 12.4 Å². The van der Waals surface area contributed by atoms with Crippen molar-refractivity contribution in [3.63, 3.8) is 0 Å². The highest BCUT2D eigenvalue weighted by atomic mass is 32.2. The number of fused-ring (bicyclic) bond motifs is 3. The fraction of sp³-hybridized carbons (Fsp3) is 0.514. The molecule has 0 radical (unpaired) electrons. The van der Waals surface area contributed by atoms with Gasteiger partial charge in [-0.15, -0.1) is 11.8 Å². The van der Waals surface area contributed by atoms with E-state index >= 15 is 0 Å². The molecule has 0 bridgehead atoms. The Morgan fingerprint density at radius 2 is 1.67 bits per heavy atom. The predicted octanol–water partition coefficient (Wildman–Crippen LogP) is 6.37. The van der Waals surface area contributed by atoms with E-state index < -0.39 is 82.4 Å². The van der Waals surface area contributed by atoms with Gasteiger partial charge in [0.25, 0.3) is 5.72 Å². The number of halogens is 7. The summed E-state index contributed by atoms with van der Waals surface area (Å²) in [6.45, 7) is 6.88. The number of amides is 3. The first-order valence-electron chi connectivity index (χ1n) is 17.6. The van der Waals surface area contributed by atoms with Crippen molar-refractivity contribution < 1.29 is 50.2 Å². The molecule has 2 heterocycles. The number of hydrogen-bond acceptors (Lipinski definition) is 6. The van der Waals surface area contributed by atoms with E-state index in [2.05, 4.69) is 25.9 Å². The Hall–Kier alpha value is -4.12. The van der Waals surface area contributed by atoms with Crippen molar-refractivity contribution in [2.24, 2.45) is 16.8 Å². The van der Waals surface area contributed by atoms with Gasteiger partial charge in [-0.05, 0) is 47.9 Å². The summed E-state index contributed by atoms with van der Waals surface area (Å²) in [5.41, 5.74) is -5.52. The van der Waals surface area contributed by atoms with Crippen LogP contribution in [-0.2, 0) is 39.8 Å². The third-order valence-electron chi connectivity index (χ3n) is 10.5. The van der Waals surface area contributed by atoms with Crippen molar-refractivity contribution in [1.82, 2.24) is 20.9 Å². The topological polar surface area (TPSA) is 136 Å². The molecule has 1 aliphatic heterocycles. The van der Waals surface area contributed by atoms with Gasteiger partial charge in [-0.25, -0.2) is 9.38 Å². The van der Waals surface area contributed by atoms with Crippen LogP contribution in [-0.4, -0.2) is 68.1 Å². The summed E-state index contributed by atoms with van der Waals surface area (Å²) in [5.74, 6) is -4.76. The van der Waals surface area contributed by atoms with Gasteiger partial charge in [0, 0.05) is 17.5 Å². The van der Waals surface area contributed by atoms with Crippen molar-refractivity contribution >= 4 is 45.4 Å². The van der Waals surface area contributed by atoms with E-state index in [1.54, 1.807) is 33.8 Å². The number of aliphatic imine (C=N–C) groups is 1. The second kappa shape index (κ2) is 15.6. The normalized spacial score (nSPS) is 22.5. The molecule has 1 aromatic heterocycles. The lowest BCUT2D eigenvalue weighted by Gasteiger charge is -2.40. The first-order chi connectivity index (χ1) is 25.2. The maximum atomic E-state index is 14.7. The molecule has 54 heavy (non-hydrogen) atoms. The highest BCUT2D eigenvalue weighted by Gasteiger charge is 2.58. The number of alkyl halides is 6. The van der Waals surface area contributed by atoms with Gasteiger partial charge in [0.05, 0.1) is 34.3 Å². The molecule has 3 amide bonds. The van der Waals surface area contributed by atoms with Crippen LogP contribution in [0, 0.1) is 17.7 Å². The largest absolute Gasteiger partial charge is 0.439 e. The highest BCUT2D eigenvalue weighted by molar-refractivity contribution is 8.14. The van der Waals surface area contributed by atoms with Crippen molar-refractivity contribution in [2.45, 2.75) is 102 Å². The van der Waals surface area contributed by atoms with Gasteiger partial charge in [-0.3, -0.25) is 14.4 Å². The Morgan fingerprint density at radius 1 is 0.981 bits per heavy atom. The average molecular weight is 786 g/mol. The number of thioether (sulfide) groups is 1. The molecular formula is C37H42F7N5O4S. The van der Waals surface area contributed by atoms with Crippen molar-refractivity contribution in [3.05, 3.63) is 70.7 Å². The molecule has 5 rings (SSSR count). The molecule has 5 N–H and O–H groups in total. The second-order valence-corrected chi connectivity index (χ2v) is 15.1. The number of rotatable bonds is 12. The zero-order chi connectivity index (χ0) is 39.8. The van der Waals surface area contributed by atoms with Crippen molar-refractivity contribution in [3.8, 4) is 0 Å². The molecule has 9 nitrogen and oxygen atoms in total. The maximum absolute atomic E-state index is 14.7. The molecule has 2 aromatic carbocycles. The minimum atomic E-state index is -5.09. The van der Waals surface area contributed by atoms with Crippen molar-refractivity contribution in [1.29, 1.82) is 0 Å². The predicted molar refractivity (Wildman–Crippen MR) is 190 cm³/mol. The highest BCUT2D eigenvalue weighted by Crippen LogP contribution is 2.42. The van der Waals surface area contributed by atoms with Gasteiger partial charge in [0.2, 0.25) is 17.7 Å². The van der Waals surface area contributed by atoms with E-state index in [4.69, 9.17) is 0 Å². The lowest BCUT2D eigenvalue weighted by Crippen LogP contribution is -2.66. The summed E-state index contributed by atoms with van der Waals surface area (Å²) in [6, 6.07) is 6.88. The molecule has 1 unspecified atom stereocenters. The number of benzene rings is 2. The number of aryl methyl sites for hydroxylation is 1. The Morgan fingerprint density at radius 3 is 2.28 bits per heavy atom. The molecule has 0 spiro atoms. The molecular weight excluding hydrogens is 743 g/mol. The molecule has 0 saturated carbocycles. The number of nitrogens with one attached hydrogen (secondary N) is 4. The minimum absolute atomic E-state index is 0.000170. The Kier molecular flexibility index (Phi) is 11.8. The third kappa shape index (κ3) is 8.26. The maximum Gasteiger partial charge on any atom is 0.439 e. The summed E-state index contributed by atoms with van der Waals surface area (Å²) < 4.78 is 97.7. The smallest absolute Gasteiger partial charge is 0.361 e. The molecule has 17 heteroatoms. The Labute approximate surface area is 311 Å². The number of aromatic nitrogens is 1. The lowest BCUT2D eigenvalue weighted by molar-refractivity contribution is -0.245. The van der Waals surface area contributed by atoms with Crippen LogP contribution in [0.25, 0.3) is 10.9 Å². The van der Waals surface area contributed by atoms with E-state index in [0.29, 0.717) is 35.9 Å². The minimum Gasteiger partial charge on any atom is -0.361 e. The number of H-pyrrole nitrogens is 1. The zero-order valence-electron chi connectivity index (χ0n) is 30.0. The van der Waals surface area contributed by atoms with E-state index in [-0.39, 0.29) is 47.2 Å². The molecule has 0 saturated heterocycles. The standard InChI is InChI=1S/C37H42F7N5O4S/c1-5-19(3)28(46-27(50)16-21-10-7-8-13-25(21)38)31(51)48-34(15-14-26-23(17-34)22-11-9-12-24(30(22)45-26)36(39,40)41)33(52)47-29(20(4)6-2)32-49-35(53,18-54-32)37(42,43)44/h7-13,19-20,28-29,45,53H,5-6,14-18H2,1-4H3,(H,46,50)(H,47,52)(H,48,51)/t19-,20-,28-,29-,34?,35-/m0/s1. The molecule has 3 aromatic rings. The van der Waals surface area contributed by atoms with Crippen LogP contribution in [0.4, 0.5) is 30.7 Å². The SMILES string of the molecule is CC[C@H](C)[C@H](NC(=O)Cc1ccccc1F)C(=O)NC1(C(=O)N[C@H](C2=N[C@@](O)(C(F)(F)F)CS2)[C@@H](C)CC)CCc2[nH]c3c(C(F)(F)F)cccc3c2C1. The number of aliphatic hydroxyl groups is 1. The van der Waals surface area contributed by atoms with E-state index in [1.807, 2.05) is 0 Å². The van der Waals surface area contributed by atoms with Crippen molar-refractivity contribution in [2.75, 3.05) is 5.75 Å². The zero-order valence-corrected chi connectivity index (χ0v) is 30.8. The van der Waals surface area contributed by atoms with Gasteiger partial charge < -0.3 is 26.0 Å². The third-order valence-corrected chi connectivity index (χ3v) is 11.7. The van der Waals surface area contributed by atoms with Gasteiger partial charge in [-0.2, -0.15) is 26.3 Å². The van der Waals surface area contributed by atoms with E-state index in [1.165, 1.54) is 30.3 Å². The number of nitrogens with zero attached hydrogens (tertiary/aromatic N) is 1. The number of para-hydroxylation sites is 1. The molecule has 294 valence electrons. The van der Waals surface area contributed by atoms with Crippen LogP contribution < -0.4 is 16.0 Å². The molecule has 0 fully saturated rings. The number of hydrogen-bond donors (Lipinski definition) is 5. The number of aromatic amines is 1. The lowest BCUT2D eigenvalue weighted by atomic mass is 9.78. The van der Waals surface area contributed by atoms with Crippen LogP contribution >= 0.6 is 11.8 Å². The van der Waals surface area contributed by atoms with Gasteiger partial charge in [-0.1, -0.05) is 70.9 Å². The van der Waals surface area contributed by atoms with Crippen LogP contribution in [0.3, 0.4) is 0 Å². The Bertz CT molecular complexity index is 1930.